The molecule has 3 nitrogen and oxygen atoms in total. The molecule has 0 radical (unpaired) electrons. The molecule has 0 aliphatic rings. The number of benzene rings is 2. The number of thioether (sulfide) groups is 1. The van der Waals surface area contributed by atoms with Crippen molar-refractivity contribution < 1.29 is 5.11 Å². The Morgan fingerprint density at radius 2 is 1.86 bits per heavy atom. The van der Waals surface area contributed by atoms with Gasteiger partial charge in [0.2, 0.25) is 0 Å². The van der Waals surface area contributed by atoms with E-state index in [-0.39, 0.29) is 6.04 Å². The third kappa shape index (κ3) is 5.04. The van der Waals surface area contributed by atoms with Crippen LogP contribution in [-0.2, 0) is 6.42 Å². The Morgan fingerprint density at radius 3 is 2.57 bits per heavy atom. The highest BCUT2D eigenvalue weighted by molar-refractivity contribution is 9.10. The van der Waals surface area contributed by atoms with E-state index < -0.39 is 6.10 Å². The maximum Gasteiger partial charge on any atom is 0.0788 e. The molecule has 112 valence electrons. The lowest BCUT2D eigenvalue weighted by Gasteiger charge is -2.19. The molecule has 0 aliphatic carbocycles. The van der Waals surface area contributed by atoms with Gasteiger partial charge in [0.1, 0.15) is 0 Å². The molecule has 0 saturated heterocycles. The summed E-state index contributed by atoms with van der Waals surface area (Å²) in [5.74, 6) is 0.522. The number of halogens is 1. The first-order valence-corrected chi connectivity index (χ1v) is 8.49. The van der Waals surface area contributed by atoms with Crippen molar-refractivity contribution in [2.24, 2.45) is 5.73 Å². The predicted molar refractivity (Wildman–Crippen MR) is 93.4 cm³/mol. The van der Waals surface area contributed by atoms with Gasteiger partial charge in [0.15, 0.2) is 0 Å². The summed E-state index contributed by atoms with van der Waals surface area (Å²) < 4.78 is 0.974. The zero-order valence-electron chi connectivity index (χ0n) is 11.6. The van der Waals surface area contributed by atoms with Crippen molar-refractivity contribution in [3.63, 3.8) is 0 Å². The Balaban J connectivity index is 1.89. The van der Waals surface area contributed by atoms with Crippen LogP contribution in [0.3, 0.4) is 0 Å². The second-order valence-corrected chi connectivity index (χ2v) is 6.89. The summed E-state index contributed by atoms with van der Waals surface area (Å²) in [5.41, 5.74) is 13.8. The predicted octanol–water partition coefficient (Wildman–Crippen LogP) is 3.05. The minimum Gasteiger partial charge on any atom is -0.398 e. The van der Waals surface area contributed by atoms with Gasteiger partial charge < -0.3 is 16.6 Å². The fourth-order valence-electron chi connectivity index (χ4n) is 1.95. The highest BCUT2D eigenvalue weighted by Gasteiger charge is 2.16. The molecule has 0 spiro atoms. The van der Waals surface area contributed by atoms with Gasteiger partial charge in [0.05, 0.1) is 6.10 Å². The molecule has 2 rings (SSSR count). The van der Waals surface area contributed by atoms with Crippen LogP contribution in [0.1, 0.15) is 5.56 Å². The van der Waals surface area contributed by atoms with Crippen molar-refractivity contribution in [3.05, 3.63) is 58.6 Å². The van der Waals surface area contributed by atoms with E-state index in [0.717, 1.165) is 14.9 Å². The Morgan fingerprint density at radius 1 is 1.14 bits per heavy atom. The van der Waals surface area contributed by atoms with E-state index >= 15 is 0 Å². The van der Waals surface area contributed by atoms with Gasteiger partial charge in [-0.1, -0.05) is 46.3 Å². The molecule has 2 aromatic carbocycles. The van der Waals surface area contributed by atoms with E-state index in [1.165, 1.54) is 11.8 Å². The third-order valence-corrected chi connectivity index (χ3v) is 4.86. The fraction of sp³-hybridized carbons (Fsp3) is 0.250. The van der Waals surface area contributed by atoms with Crippen LogP contribution < -0.4 is 11.5 Å². The number of hydrogen-bond donors (Lipinski definition) is 3. The minimum atomic E-state index is -0.575. The maximum atomic E-state index is 10.2. The second kappa shape index (κ2) is 7.84. The molecule has 0 heterocycles. The molecular weight excluding hydrogens is 348 g/mol. The average molecular weight is 367 g/mol. The van der Waals surface area contributed by atoms with Gasteiger partial charge in [0, 0.05) is 26.9 Å². The van der Waals surface area contributed by atoms with Crippen LogP contribution in [0.15, 0.2) is 57.9 Å². The van der Waals surface area contributed by atoms with Gasteiger partial charge in [-0.15, -0.1) is 11.8 Å². The summed E-state index contributed by atoms with van der Waals surface area (Å²) in [5, 5.41) is 10.2. The Bertz CT molecular complexity index is 580. The Hall–Kier alpha value is -1.01. The molecule has 2 aromatic rings. The quantitative estimate of drug-likeness (QED) is 0.542. The first-order chi connectivity index (χ1) is 10.1. The average Bonchev–Trinajstić information content (AvgIpc) is 2.49. The van der Waals surface area contributed by atoms with Crippen LogP contribution in [0, 0.1) is 0 Å². The molecular formula is C16H19BrN2OS. The van der Waals surface area contributed by atoms with Gasteiger partial charge >= 0.3 is 0 Å². The monoisotopic (exact) mass is 366 g/mol. The van der Waals surface area contributed by atoms with E-state index in [1.807, 2.05) is 48.5 Å². The van der Waals surface area contributed by atoms with E-state index in [9.17, 15) is 5.11 Å². The number of aliphatic hydroxyl groups is 1. The lowest BCUT2D eigenvalue weighted by Crippen LogP contribution is -2.38. The van der Waals surface area contributed by atoms with E-state index in [1.54, 1.807) is 0 Å². The largest absolute Gasteiger partial charge is 0.398 e. The molecule has 0 bridgehead atoms. The molecule has 0 fully saturated rings. The number of hydrogen-bond acceptors (Lipinski definition) is 4. The van der Waals surface area contributed by atoms with Crippen molar-refractivity contribution in [1.29, 1.82) is 0 Å². The van der Waals surface area contributed by atoms with Crippen molar-refractivity contribution in [2.45, 2.75) is 23.5 Å². The number of rotatable bonds is 6. The van der Waals surface area contributed by atoms with E-state index in [2.05, 4.69) is 15.9 Å². The molecule has 0 aliphatic heterocycles. The smallest absolute Gasteiger partial charge is 0.0788 e. The summed E-state index contributed by atoms with van der Waals surface area (Å²) in [6.45, 7) is 0. The normalized spacial score (nSPS) is 13.9. The Kier molecular flexibility index (Phi) is 6.11. The first kappa shape index (κ1) is 16.4. The van der Waals surface area contributed by atoms with Gasteiger partial charge in [0.25, 0.3) is 0 Å². The molecule has 2 unspecified atom stereocenters. The van der Waals surface area contributed by atoms with Gasteiger partial charge in [-0.2, -0.15) is 0 Å². The Labute approximate surface area is 137 Å². The minimum absolute atomic E-state index is 0.284. The fourth-order valence-corrected chi connectivity index (χ4v) is 3.51. The molecule has 5 N–H and O–H groups in total. The zero-order valence-corrected chi connectivity index (χ0v) is 14.0. The van der Waals surface area contributed by atoms with Crippen LogP contribution in [0.2, 0.25) is 0 Å². The topological polar surface area (TPSA) is 72.3 Å². The van der Waals surface area contributed by atoms with Crippen LogP contribution in [0.5, 0.6) is 0 Å². The van der Waals surface area contributed by atoms with Crippen molar-refractivity contribution in [1.82, 2.24) is 0 Å². The summed E-state index contributed by atoms with van der Waals surface area (Å²) in [6, 6.07) is 15.4. The van der Waals surface area contributed by atoms with Crippen LogP contribution in [-0.4, -0.2) is 23.0 Å². The van der Waals surface area contributed by atoms with Crippen LogP contribution in [0.4, 0.5) is 5.69 Å². The zero-order chi connectivity index (χ0) is 15.2. The number of aliphatic hydroxyl groups excluding tert-OH is 1. The van der Waals surface area contributed by atoms with Crippen molar-refractivity contribution >= 4 is 33.4 Å². The SMILES string of the molecule is Nc1ccc(Br)cc1SCC(O)C(N)Cc1ccccc1. The summed E-state index contributed by atoms with van der Waals surface area (Å²) in [4.78, 5) is 0.954. The van der Waals surface area contributed by atoms with Crippen LogP contribution in [0.25, 0.3) is 0 Å². The molecule has 2 atom stereocenters. The lowest BCUT2D eigenvalue weighted by atomic mass is 10.0. The molecule has 0 aromatic heterocycles. The van der Waals surface area contributed by atoms with Gasteiger partial charge in [-0.25, -0.2) is 0 Å². The maximum absolute atomic E-state index is 10.2. The molecule has 0 saturated carbocycles. The van der Waals surface area contributed by atoms with E-state index in [0.29, 0.717) is 17.9 Å². The number of anilines is 1. The summed E-state index contributed by atoms with van der Waals surface area (Å²) in [7, 11) is 0. The third-order valence-electron chi connectivity index (χ3n) is 3.19. The summed E-state index contributed by atoms with van der Waals surface area (Å²) >= 11 is 4.94. The number of nitrogens with two attached hydrogens (primary N) is 2. The second-order valence-electron chi connectivity index (χ2n) is 4.91. The van der Waals surface area contributed by atoms with Crippen molar-refractivity contribution in [2.75, 3.05) is 11.5 Å². The van der Waals surface area contributed by atoms with Crippen molar-refractivity contribution in [3.8, 4) is 0 Å². The number of nitrogen functional groups attached to an aromatic ring is 1. The van der Waals surface area contributed by atoms with Gasteiger partial charge in [-0.3, -0.25) is 0 Å². The lowest BCUT2D eigenvalue weighted by molar-refractivity contribution is 0.168. The van der Waals surface area contributed by atoms with Gasteiger partial charge in [-0.05, 0) is 30.2 Å². The molecule has 0 amide bonds. The molecule has 5 heteroatoms. The highest BCUT2D eigenvalue weighted by Crippen LogP contribution is 2.29. The van der Waals surface area contributed by atoms with Crippen LogP contribution >= 0.6 is 27.7 Å². The first-order valence-electron chi connectivity index (χ1n) is 6.71. The standard InChI is InChI=1S/C16H19BrN2OS/c17-12-6-7-13(18)16(9-12)21-10-15(20)14(19)8-11-4-2-1-3-5-11/h1-7,9,14-15,20H,8,10,18-19H2. The summed E-state index contributed by atoms with van der Waals surface area (Å²) in [6.07, 6.45) is 0.0878. The molecule has 21 heavy (non-hydrogen) atoms. The van der Waals surface area contributed by atoms with E-state index in [4.69, 9.17) is 11.5 Å². The highest BCUT2D eigenvalue weighted by atomic mass is 79.9.